The van der Waals surface area contributed by atoms with Gasteiger partial charge in [0.25, 0.3) is 0 Å². The van der Waals surface area contributed by atoms with Gasteiger partial charge in [0.1, 0.15) is 0 Å². The van der Waals surface area contributed by atoms with Crippen molar-refractivity contribution in [2.45, 2.75) is 24.6 Å². The number of alkyl halides is 1. The molecule has 1 aromatic carbocycles. The lowest BCUT2D eigenvalue weighted by atomic mass is 10.0. The first-order valence-electron chi connectivity index (χ1n) is 5.53. The lowest BCUT2D eigenvalue weighted by Gasteiger charge is -2.09. The van der Waals surface area contributed by atoms with Crippen molar-refractivity contribution in [1.29, 1.82) is 0 Å². The van der Waals surface area contributed by atoms with Crippen molar-refractivity contribution >= 4 is 11.6 Å². The molecule has 1 fully saturated rings. The second kappa shape index (κ2) is 5.00. The highest BCUT2D eigenvalue weighted by molar-refractivity contribution is 6.21. The summed E-state index contributed by atoms with van der Waals surface area (Å²) >= 11 is 6.34. The first kappa shape index (κ1) is 11.0. The lowest BCUT2D eigenvalue weighted by molar-refractivity contribution is 0.202. The van der Waals surface area contributed by atoms with Crippen LogP contribution in [0.25, 0.3) is 0 Å². The Labute approximate surface area is 96.4 Å². The summed E-state index contributed by atoms with van der Waals surface area (Å²) in [5.41, 5.74) is 2.58. The Morgan fingerprint density at radius 3 is 2.53 bits per heavy atom. The van der Waals surface area contributed by atoms with Crippen LogP contribution in [0.1, 0.15) is 29.3 Å². The zero-order valence-corrected chi connectivity index (χ0v) is 9.83. The molecular formula is C13H17ClO. The van der Waals surface area contributed by atoms with Crippen molar-refractivity contribution in [2.24, 2.45) is 5.92 Å². The molecule has 0 N–H and O–H groups in total. The molecular weight excluding hydrogens is 208 g/mol. The fourth-order valence-electron chi connectivity index (χ4n) is 1.75. The summed E-state index contributed by atoms with van der Waals surface area (Å²) in [6.45, 7) is 0.784. The van der Waals surface area contributed by atoms with Crippen LogP contribution in [0.4, 0.5) is 0 Å². The number of methoxy groups -OCH3 is 1. The van der Waals surface area contributed by atoms with Crippen molar-refractivity contribution in [3.8, 4) is 0 Å². The first-order valence-corrected chi connectivity index (χ1v) is 5.97. The average molecular weight is 225 g/mol. The van der Waals surface area contributed by atoms with Crippen molar-refractivity contribution < 1.29 is 4.74 Å². The van der Waals surface area contributed by atoms with Gasteiger partial charge in [0.05, 0.1) is 12.0 Å². The minimum absolute atomic E-state index is 0.224. The summed E-state index contributed by atoms with van der Waals surface area (Å²) in [5.74, 6) is 0.719. The fourth-order valence-corrected chi connectivity index (χ4v) is 2.15. The third-order valence-electron chi connectivity index (χ3n) is 2.93. The van der Waals surface area contributed by atoms with Gasteiger partial charge in [-0.2, -0.15) is 0 Å². The van der Waals surface area contributed by atoms with Gasteiger partial charge in [-0.25, -0.2) is 0 Å². The normalized spacial score (nSPS) is 17.7. The summed E-state index contributed by atoms with van der Waals surface area (Å²) in [6.07, 6.45) is 3.56. The van der Waals surface area contributed by atoms with Gasteiger partial charge in [-0.1, -0.05) is 24.3 Å². The summed E-state index contributed by atoms with van der Waals surface area (Å²) in [6, 6.07) is 8.63. The van der Waals surface area contributed by atoms with Crippen LogP contribution in [-0.2, 0) is 11.2 Å². The van der Waals surface area contributed by atoms with Gasteiger partial charge < -0.3 is 4.74 Å². The predicted octanol–water partition coefficient (Wildman–Crippen LogP) is 3.57. The van der Waals surface area contributed by atoms with E-state index in [4.69, 9.17) is 16.3 Å². The van der Waals surface area contributed by atoms with Gasteiger partial charge in [0.15, 0.2) is 0 Å². The standard InChI is InChI=1S/C13H17ClO/c1-15-9-8-10-2-4-11(5-3-10)13(14)12-6-7-12/h2-5,12-13H,6-9H2,1H3. The molecule has 1 aliphatic rings. The van der Waals surface area contributed by atoms with Crippen LogP contribution in [0.2, 0.25) is 0 Å². The highest BCUT2D eigenvalue weighted by atomic mass is 35.5. The van der Waals surface area contributed by atoms with E-state index in [1.54, 1.807) is 7.11 Å². The highest BCUT2D eigenvalue weighted by Gasteiger charge is 2.30. The second-order valence-electron chi connectivity index (χ2n) is 4.22. The minimum Gasteiger partial charge on any atom is -0.384 e. The van der Waals surface area contributed by atoms with Crippen molar-refractivity contribution in [3.05, 3.63) is 35.4 Å². The summed E-state index contributed by atoms with van der Waals surface area (Å²) in [7, 11) is 1.73. The van der Waals surface area contributed by atoms with Gasteiger partial charge in [0.2, 0.25) is 0 Å². The Morgan fingerprint density at radius 1 is 1.33 bits per heavy atom. The van der Waals surface area contributed by atoms with Crippen LogP contribution in [0.3, 0.4) is 0 Å². The molecule has 0 heterocycles. The van der Waals surface area contributed by atoms with E-state index < -0.39 is 0 Å². The van der Waals surface area contributed by atoms with E-state index in [9.17, 15) is 0 Å². The quantitative estimate of drug-likeness (QED) is 0.695. The van der Waals surface area contributed by atoms with Crippen molar-refractivity contribution in [1.82, 2.24) is 0 Å². The Bertz CT molecular complexity index is 303. The number of halogens is 1. The number of rotatable bonds is 5. The predicted molar refractivity (Wildman–Crippen MR) is 63.3 cm³/mol. The first-order chi connectivity index (χ1) is 7.31. The van der Waals surface area contributed by atoms with Gasteiger partial charge in [-0.3, -0.25) is 0 Å². The van der Waals surface area contributed by atoms with Crippen LogP contribution in [0.15, 0.2) is 24.3 Å². The second-order valence-corrected chi connectivity index (χ2v) is 4.69. The SMILES string of the molecule is COCCc1ccc(C(Cl)C2CC2)cc1. The average Bonchev–Trinajstić information content (AvgIpc) is 3.10. The molecule has 2 rings (SSSR count). The monoisotopic (exact) mass is 224 g/mol. The number of ether oxygens (including phenoxy) is 1. The lowest BCUT2D eigenvalue weighted by Crippen LogP contribution is -1.96. The van der Waals surface area contributed by atoms with Crippen molar-refractivity contribution in [3.63, 3.8) is 0 Å². The fraction of sp³-hybridized carbons (Fsp3) is 0.538. The summed E-state index contributed by atoms with van der Waals surface area (Å²) < 4.78 is 5.05. The van der Waals surface area contributed by atoms with Crippen LogP contribution < -0.4 is 0 Å². The zero-order chi connectivity index (χ0) is 10.7. The van der Waals surface area contributed by atoms with Gasteiger partial charge in [0, 0.05) is 7.11 Å². The van der Waals surface area contributed by atoms with E-state index in [1.165, 1.54) is 24.0 Å². The molecule has 0 saturated heterocycles. The molecule has 1 aliphatic carbocycles. The molecule has 1 saturated carbocycles. The van der Waals surface area contributed by atoms with Crippen LogP contribution in [-0.4, -0.2) is 13.7 Å². The van der Waals surface area contributed by atoms with E-state index in [1.807, 2.05) is 0 Å². The minimum atomic E-state index is 0.224. The third-order valence-corrected chi connectivity index (χ3v) is 3.54. The molecule has 1 unspecified atom stereocenters. The molecule has 0 amide bonds. The van der Waals surface area contributed by atoms with E-state index >= 15 is 0 Å². The zero-order valence-electron chi connectivity index (χ0n) is 9.08. The molecule has 82 valence electrons. The van der Waals surface area contributed by atoms with Crippen molar-refractivity contribution in [2.75, 3.05) is 13.7 Å². The van der Waals surface area contributed by atoms with E-state index in [2.05, 4.69) is 24.3 Å². The number of hydrogen-bond donors (Lipinski definition) is 0. The summed E-state index contributed by atoms with van der Waals surface area (Å²) in [4.78, 5) is 0. The molecule has 0 aliphatic heterocycles. The Kier molecular flexibility index (Phi) is 3.66. The molecule has 0 radical (unpaired) electrons. The molecule has 1 aromatic rings. The van der Waals surface area contributed by atoms with E-state index in [0.29, 0.717) is 0 Å². The Morgan fingerprint density at radius 2 is 2.00 bits per heavy atom. The maximum atomic E-state index is 6.34. The molecule has 0 spiro atoms. The maximum absolute atomic E-state index is 6.34. The topological polar surface area (TPSA) is 9.23 Å². The van der Waals surface area contributed by atoms with Crippen LogP contribution in [0.5, 0.6) is 0 Å². The van der Waals surface area contributed by atoms with E-state index in [0.717, 1.165) is 18.9 Å². The molecule has 2 heteroatoms. The molecule has 0 bridgehead atoms. The largest absolute Gasteiger partial charge is 0.384 e. The van der Waals surface area contributed by atoms with E-state index in [-0.39, 0.29) is 5.38 Å². The van der Waals surface area contributed by atoms with Gasteiger partial charge in [-0.15, -0.1) is 11.6 Å². The van der Waals surface area contributed by atoms with Crippen LogP contribution in [0, 0.1) is 5.92 Å². The molecule has 0 aromatic heterocycles. The molecule has 15 heavy (non-hydrogen) atoms. The summed E-state index contributed by atoms with van der Waals surface area (Å²) in [5, 5.41) is 0.224. The van der Waals surface area contributed by atoms with Crippen LogP contribution >= 0.6 is 11.6 Å². The third kappa shape index (κ3) is 2.96. The Hall–Kier alpha value is -0.530. The molecule has 1 atom stereocenters. The molecule has 1 nitrogen and oxygen atoms in total. The van der Waals surface area contributed by atoms with Gasteiger partial charge >= 0.3 is 0 Å². The number of hydrogen-bond acceptors (Lipinski definition) is 1. The maximum Gasteiger partial charge on any atom is 0.0613 e. The van der Waals surface area contributed by atoms with Gasteiger partial charge in [-0.05, 0) is 36.3 Å². The smallest absolute Gasteiger partial charge is 0.0613 e. The highest BCUT2D eigenvalue weighted by Crippen LogP contribution is 2.44. The Balaban J connectivity index is 1.96. The number of benzene rings is 1.